The van der Waals surface area contributed by atoms with Crippen LogP contribution in [0.15, 0.2) is 0 Å². The fourth-order valence-corrected chi connectivity index (χ4v) is 15.2. The van der Waals surface area contributed by atoms with Gasteiger partial charge < -0.3 is 0 Å². The molecule has 0 saturated heterocycles. The van der Waals surface area contributed by atoms with Gasteiger partial charge in [-0.2, -0.15) is 0 Å². The molecule has 0 unspecified atom stereocenters. The second-order valence-electron chi connectivity index (χ2n) is 11.8. The fourth-order valence-electron chi connectivity index (χ4n) is 6.62. The summed E-state index contributed by atoms with van der Waals surface area (Å²) >= 11 is 0. The highest BCUT2D eigenvalue weighted by molar-refractivity contribution is 7.63. The van der Waals surface area contributed by atoms with E-state index in [1.165, 1.54) is 64.2 Å². The summed E-state index contributed by atoms with van der Waals surface area (Å²) in [5.74, 6) is 1.65. The monoisotopic (exact) mass is 433 g/mol. The molecule has 0 aromatic carbocycles. The van der Waals surface area contributed by atoms with Gasteiger partial charge in [-0.15, -0.1) is 0 Å². The van der Waals surface area contributed by atoms with Gasteiger partial charge in [0.2, 0.25) is 0 Å². The van der Waals surface area contributed by atoms with Crippen molar-refractivity contribution in [3.8, 4) is 0 Å². The third-order valence-corrected chi connectivity index (χ3v) is 14.8. The van der Waals surface area contributed by atoms with Gasteiger partial charge in [0.1, 0.15) is 0 Å². The standard InChI is InChI=1S/C27H47P2/c1-21(29(26(2,3)4)27(5,6)7)22-18-19-25(20-22)28(23-14-10-8-11-15-23)24-16-12-9-13-17-24/h18-21,23-24H,8-17H2,1-7H3/t21-/m1/s1. The van der Waals surface area contributed by atoms with E-state index in [1.807, 2.05) is 0 Å². The third kappa shape index (κ3) is 6.22. The Morgan fingerprint density at radius 1 is 0.724 bits per heavy atom. The van der Waals surface area contributed by atoms with Crippen LogP contribution < -0.4 is 0 Å². The Morgan fingerprint density at radius 3 is 1.59 bits per heavy atom. The van der Waals surface area contributed by atoms with Gasteiger partial charge in [-0.1, -0.05) is 103 Å². The van der Waals surface area contributed by atoms with Crippen LogP contribution in [-0.2, 0) is 0 Å². The molecule has 2 heteroatoms. The van der Waals surface area contributed by atoms with Crippen molar-refractivity contribution in [1.82, 2.24) is 0 Å². The SMILES string of the molecule is C[C@H]([C]1[CH][CH][C](P(C2CCCCC2)C2CCCCC2)[CH]1)P(C(C)(C)C)C(C)(C)C. The largest absolute Gasteiger partial charge is 0.0924 e. The summed E-state index contributed by atoms with van der Waals surface area (Å²) in [6, 6.07) is 0. The van der Waals surface area contributed by atoms with E-state index in [1.54, 1.807) is 11.6 Å². The molecule has 29 heavy (non-hydrogen) atoms. The summed E-state index contributed by atoms with van der Waals surface area (Å²) in [7, 11) is -0.0723. The second kappa shape index (κ2) is 10.2. The molecule has 0 aromatic heterocycles. The third-order valence-electron chi connectivity index (χ3n) is 7.31. The van der Waals surface area contributed by atoms with Crippen molar-refractivity contribution in [3.63, 3.8) is 0 Å². The minimum Gasteiger partial charge on any atom is -0.0924 e. The minimum absolute atomic E-state index is 0.0357. The molecule has 0 N–H and O–H groups in total. The van der Waals surface area contributed by atoms with Gasteiger partial charge in [0.25, 0.3) is 0 Å². The Bertz CT molecular complexity index is 456. The maximum atomic E-state index is 2.70. The van der Waals surface area contributed by atoms with Crippen molar-refractivity contribution in [1.29, 1.82) is 0 Å². The average molecular weight is 434 g/mol. The van der Waals surface area contributed by atoms with E-state index in [2.05, 4.69) is 67.7 Å². The quantitative estimate of drug-likeness (QED) is 0.379. The zero-order valence-electron chi connectivity index (χ0n) is 20.4. The summed E-state index contributed by atoms with van der Waals surface area (Å²) in [5, 5.41) is 0.782. The molecule has 0 nitrogen and oxygen atoms in total. The van der Waals surface area contributed by atoms with Crippen LogP contribution in [0.3, 0.4) is 0 Å². The maximum absolute atomic E-state index is 2.70. The van der Waals surface area contributed by atoms with Crippen LogP contribution >= 0.6 is 15.8 Å². The molecular formula is C27H47P2. The van der Waals surface area contributed by atoms with E-state index in [9.17, 15) is 0 Å². The van der Waals surface area contributed by atoms with Crippen molar-refractivity contribution in [3.05, 3.63) is 30.8 Å². The van der Waals surface area contributed by atoms with Crippen LogP contribution in [0.1, 0.15) is 113 Å². The minimum atomic E-state index is -0.108. The predicted molar refractivity (Wildman–Crippen MR) is 136 cm³/mol. The van der Waals surface area contributed by atoms with Gasteiger partial charge in [-0.05, 0) is 78.2 Å². The molecule has 3 saturated carbocycles. The van der Waals surface area contributed by atoms with Gasteiger partial charge in [0.05, 0.1) is 0 Å². The lowest BCUT2D eigenvalue weighted by molar-refractivity contribution is 0.485. The molecular weight excluding hydrogens is 386 g/mol. The molecule has 3 aliphatic rings. The van der Waals surface area contributed by atoms with E-state index < -0.39 is 0 Å². The molecule has 3 fully saturated rings. The molecule has 3 rings (SSSR count). The zero-order chi connectivity index (χ0) is 21.2. The lowest BCUT2D eigenvalue weighted by Gasteiger charge is -2.47. The molecule has 165 valence electrons. The Morgan fingerprint density at radius 2 is 1.17 bits per heavy atom. The highest BCUT2D eigenvalue weighted by atomic mass is 31.1. The molecule has 0 bridgehead atoms. The van der Waals surface area contributed by atoms with E-state index in [4.69, 9.17) is 0 Å². The second-order valence-corrected chi connectivity index (χ2v) is 18.8. The van der Waals surface area contributed by atoms with Gasteiger partial charge in [-0.3, -0.25) is 0 Å². The molecule has 0 aromatic rings. The van der Waals surface area contributed by atoms with Crippen LogP contribution in [-0.4, -0.2) is 27.3 Å². The van der Waals surface area contributed by atoms with Crippen LogP contribution in [0.5, 0.6) is 0 Å². The first-order valence-corrected chi connectivity index (χ1v) is 15.3. The number of hydrogen-bond donors (Lipinski definition) is 0. The van der Waals surface area contributed by atoms with Gasteiger partial charge >= 0.3 is 0 Å². The summed E-state index contributed by atoms with van der Waals surface area (Å²) in [6.45, 7) is 17.4. The maximum Gasteiger partial charge on any atom is 0.00836 e. The van der Waals surface area contributed by atoms with Crippen molar-refractivity contribution >= 4 is 15.8 Å². The summed E-state index contributed by atoms with van der Waals surface area (Å²) < 4.78 is 0. The molecule has 0 amide bonds. The molecule has 0 spiro atoms. The van der Waals surface area contributed by atoms with Crippen LogP contribution in [0.25, 0.3) is 0 Å². The first kappa shape index (κ1) is 24.5. The summed E-state index contributed by atoms with van der Waals surface area (Å²) in [5.41, 5.74) is 4.49. The molecule has 3 aliphatic carbocycles. The Hall–Kier alpha value is 0.860. The smallest absolute Gasteiger partial charge is 0.00836 e. The van der Waals surface area contributed by atoms with Crippen molar-refractivity contribution in [2.24, 2.45) is 0 Å². The first-order chi connectivity index (χ1) is 13.6. The normalized spacial score (nSPS) is 26.0. The Balaban J connectivity index is 1.73. The number of rotatable bonds is 5. The van der Waals surface area contributed by atoms with Crippen LogP contribution in [0, 0.1) is 30.8 Å². The molecule has 0 heterocycles. The van der Waals surface area contributed by atoms with Crippen molar-refractivity contribution < 1.29 is 0 Å². The fraction of sp³-hybridized carbons (Fsp3) is 0.815. The van der Waals surface area contributed by atoms with E-state index in [0.29, 0.717) is 16.0 Å². The Labute approximate surface area is 186 Å². The van der Waals surface area contributed by atoms with Gasteiger partial charge in [-0.25, -0.2) is 0 Å². The van der Waals surface area contributed by atoms with Gasteiger partial charge in [0, 0.05) is 5.66 Å². The van der Waals surface area contributed by atoms with E-state index in [-0.39, 0.29) is 15.8 Å². The first-order valence-electron chi connectivity index (χ1n) is 12.4. The van der Waals surface area contributed by atoms with Gasteiger partial charge in [0.15, 0.2) is 0 Å². The molecule has 5 radical (unpaired) electrons. The lowest BCUT2D eigenvalue weighted by atomic mass is 9.99. The number of hydrogen-bond acceptors (Lipinski definition) is 0. The van der Waals surface area contributed by atoms with E-state index >= 15 is 0 Å². The topological polar surface area (TPSA) is 0 Å². The van der Waals surface area contributed by atoms with Crippen LogP contribution in [0.4, 0.5) is 0 Å². The van der Waals surface area contributed by atoms with Crippen molar-refractivity contribution in [2.75, 3.05) is 0 Å². The predicted octanol–water partition coefficient (Wildman–Crippen LogP) is 9.33. The highest BCUT2D eigenvalue weighted by Crippen LogP contribution is 2.70. The molecule has 1 atom stereocenters. The average Bonchev–Trinajstić information content (AvgIpc) is 3.11. The lowest BCUT2D eigenvalue weighted by Crippen LogP contribution is -2.32. The van der Waals surface area contributed by atoms with Crippen molar-refractivity contribution in [2.45, 2.75) is 140 Å². The molecule has 0 aliphatic heterocycles. The van der Waals surface area contributed by atoms with Crippen LogP contribution in [0.2, 0.25) is 0 Å². The zero-order valence-corrected chi connectivity index (χ0v) is 22.2. The summed E-state index contributed by atoms with van der Waals surface area (Å²) in [6.07, 6.45) is 22.8. The highest BCUT2D eigenvalue weighted by Gasteiger charge is 2.46. The Kier molecular flexibility index (Phi) is 8.62. The van der Waals surface area contributed by atoms with E-state index in [0.717, 1.165) is 11.3 Å². The summed E-state index contributed by atoms with van der Waals surface area (Å²) in [4.78, 5) is 0.